The topological polar surface area (TPSA) is 81.0 Å². The monoisotopic (exact) mass is 420 g/mol. The highest BCUT2D eigenvalue weighted by atomic mass is 16.6. The summed E-state index contributed by atoms with van der Waals surface area (Å²) in [5.41, 5.74) is 0.945. The molecule has 3 aromatic rings. The molecule has 0 saturated carbocycles. The molecule has 1 aliphatic rings. The Hall–Kier alpha value is -3.74. The summed E-state index contributed by atoms with van der Waals surface area (Å²) >= 11 is 0. The van der Waals surface area contributed by atoms with Crippen LogP contribution in [0.3, 0.4) is 0 Å². The highest BCUT2D eigenvalue weighted by Gasteiger charge is 2.29. The molecule has 2 heterocycles. The first-order valence-electron chi connectivity index (χ1n) is 10.1. The molecule has 7 nitrogen and oxygen atoms in total. The van der Waals surface area contributed by atoms with Crippen LogP contribution in [0.15, 0.2) is 77.4 Å². The zero-order chi connectivity index (χ0) is 21.6. The first-order valence-corrected chi connectivity index (χ1v) is 10.1. The van der Waals surface area contributed by atoms with Crippen molar-refractivity contribution < 1.29 is 23.5 Å². The van der Waals surface area contributed by atoms with Gasteiger partial charge in [-0.25, -0.2) is 0 Å². The van der Waals surface area contributed by atoms with Crippen LogP contribution in [-0.4, -0.2) is 49.1 Å². The zero-order valence-corrected chi connectivity index (χ0v) is 17.2. The number of nitrogens with one attached hydrogen (secondary N) is 1. The first-order chi connectivity index (χ1) is 15.1. The van der Waals surface area contributed by atoms with Crippen molar-refractivity contribution in [1.82, 2.24) is 10.2 Å². The van der Waals surface area contributed by atoms with Crippen LogP contribution < -0.4 is 14.8 Å². The van der Waals surface area contributed by atoms with Crippen molar-refractivity contribution >= 4 is 11.8 Å². The molecule has 2 atom stereocenters. The second kappa shape index (κ2) is 9.38. The second-order valence-electron chi connectivity index (χ2n) is 7.41. The van der Waals surface area contributed by atoms with E-state index in [0.717, 1.165) is 5.56 Å². The molecule has 0 radical (unpaired) electrons. The third-order valence-corrected chi connectivity index (χ3v) is 5.05. The van der Waals surface area contributed by atoms with Gasteiger partial charge in [-0.2, -0.15) is 0 Å². The van der Waals surface area contributed by atoms with Gasteiger partial charge in [0.05, 0.1) is 12.8 Å². The number of ether oxygens (including phenoxy) is 2. The molecule has 4 rings (SSSR count). The number of furan rings is 1. The number of para-hydroxylation sites is 2. The van der Waals surface area contributed by atoms with Gasteiger partial charge in [0.15, 0.2) is 23.4 Å². The highest BCUT2D eigenvalue weighted by Crippen LogP contribution is 2.31. The standard InChI is InChI=1S/C24H24N2O5/c1-26(15-18-16-30-20-10-5-6-11-21(20)31-18)24(28)19(14-17-8-3-2-4-9-17)25-23(27)22-12-7-13-29-22/h2-13,18-19H,14-16H2,1H3,(H,25,27)/t18-,19+/m0/s1. The van der Waals surface area contributed by atoms with Gasteiger partial charge in [-0.3, -0.25) is 9.59 Å². The lowest BCUT2D eigenvalue weighted by Crippen LogP contribution is -2.51. The molecule has 1 N–H and O–H groups in total. The molecule has 0 aliphatic carbocycles. The van der Waals surface area contributed by atoms with Gasteiger partial charge in [-0.1, -0.05) is 42.5 Å². The van der Waals surface area contributed by atoms with Gasteiger partial charge >= 0.3 is 0 Å². The van der Waals surface area contributed by atoms with Gasteiger partial charge in [0.2, 0.25) is 5.91 Å². The summed E-state index contributed by atoms with van der Waals surface area (Å²) in [5.74, 6) is 0.867. The quantitative estimate of drug-likeness (QED) is 0.636. The number of rotatable bonds is 7. The van der Waals surface area contributed by atoms with Crippen LogP contribution in [0.25, 0.3) is 0 Å². The summed E-state index contributed by atoms with van der Waals surface area (Å²) in [5, 5.41) is 2.81. The normalized spacial score (nSPS) is 15.7. The van der Waals surface area contributed by atoms with Crippen LogP contribution in [0, 0.1) is 0 Å². The number of nitrogens with zero attached hydrogens (tertiary/aromatic N) is 1. The lowest BCUT2D eigenvalue weighted by molar-refractivity contribution is -0.133. The lowest BCUT2D eigenvalue weighted by atomic mass is 10.0. The van der Waals surface area contributed by atoms with Crippen molar-refractivity contribution in [2.24, 2.45) is 0 Å². The van der Waals surface area contributed by atoms with Crippen molar-refractivity contribution in [1.29, 1.82) is 0 Å². The minimum Gasteiger partial charge on any atom is -0.486 e. The second-order valence-corrected chi connectivity index (χ2v) is 7.41. The average molecular weight is 420 g/mol. The summed E-state index contributed by atoms with van der Waals surface area (Å²) < 4.78 is 16.9. The fraction of sp³-hybridized carbons (Fsp3) is 0.250. The Bertz CT molecular complexity index is 1020. The highest BCUT2D eigenvalue weighted by molar-refractivity contribution is 5.95. The van der Waals surface area contributed by atoms with Crippen molar-refractivity contribution in [3.63, 3.8) is 0 Å². The molecule has 0 spiro atoms. The van der Waals surface area contributed by atoms with Gasteiger partial charge in [0.1, 0.15) is 12.6 Å². The molecule has 7 heteroatoms. The van der Waals surface area contributed by atoms with Gasteiger partial charge in [0.25, 0.3) is 5.91 Å². The maximum Gasteiger partial charge on any atom is 0.287 e. The van der Waals surface area contributed by atoms with Crippen LogP contribution in [0.2, 0.25) is 0 Å². The van der Waals surface area contributed by atoms with Gasteiger partial charge < -0.3 is 24.1 Å². The van der Waals surface area contributed by atoms with E-state index in [1.165, 1.54) is 6.26 Å². The number of hydrogen-bond acceptors (Lipinski definition) is 5. The molecule has 0 saturated heterocycles. The predicted molar refractivity (Wildman–Crippen MR) is 114 cm³/mol. The Balaban J connectivity index is 1.44. The van der Waals surface area contributed by atoms with E-state index >= 15 is 0 Å². The van der Waals surface area contributed by atoms with E-state index in [-0.39, 0.29) is 17.8 Å². The van der Waals surface area contributed by atoms with E-state index in [1.54, 1.807) is 24.1 Å². The molecule has 1 aromatic heterocycles. The minimum absolute atomic E-state index is 0.161. The Morgan fingerprint density at radius 1 is 1.03 bits per heavy atom. The number of fused-ring (bicyclic) bond motifs is 1. The maximum absolute atomic E-state index is 13.3. The number of carbonyl (C=O) groups excluding carboxylic acids is 2. The van der Waals surface area contributed by atoms with E-state index in [2.05, 4.69) is 5.32 Å². The summed E-state index contributed by atoms with van der Waals surface area (Å²) in [6.07, 6.45) is 1.48. The lowest BCUT2D eigenvalue weighted by Gasteiger charge is -2.31. The average Bonchev–Trinajstić information content (AvgIpc) is 3.34. The Labute approximate surface area is 180 Å². The summed E-state index contributed by atoms with van der Waals surface area (Å²) in [7, 11) is 1.70. The smallest absolute Gasteiger partial charge is 0.287 e. The molecule has 160 valence electrons. The van der Waals surface area contributed by atoms with Crippen molar-refractivity contribution in [3.05, 3.63) is 84.3 Å². The van der Waals surface area contributed by atoms with Crippen LogP contribution in [-0.2, 0) is 11.2 Å². The van der Waals surface area contributed by atoms with E-state index in [0.29, 0.717) is 31.1 Å². The van der Waals surface area contributed by atoms with Crippen LogP contribution in [0.1, 0.15) is 16.1 Å². The Morgan fingerprint density at radius 3 is 2.52 bits per heavy atom. The van der Waals surface area contributed by atoms with E-state index in [4.69, 9.17) is 13.9 Å². The number of likely N-dealkylation sites (N-methyl/N-ethyl adjacent to an activating group) is 1. The van der Waals surface area contributed by atoms with Crippen molar-refractivity contribution in [2.45, 2.75) is 18.6 Å². The number of benzene rings is 2. The van der Waals surface area contributed by atoms with E-state index in [9.17, 15) is 9.59 Å². The largest absolute Gasteiger partial charge is 0.486 e. The predicted octanol–water partition coefficient (Wildman–Crippen LogP) is 2.92. The Kier molecular flexibility index (Phi) is 6.21. The van der Waals surface area contributed by atoms with Gasteiger partial charge in [-0.05, 0) is 29.8 Å². The number of hydrogen-bond donors (Lipinski definition) is 1. The molecule has 1 aliphatic heterocycles. The summed E-state index contributed by atoms with van der Waals surface area (Å²) in [6.45, 7) is 0.672. The molecule has 0 fully saturated rings. The summed E-state index contributed by atoms with van der Waals surface area (Å²) in [4.78, 5) is 27.4. The SMILES string of the molecule is CN(C[C@H]1COc2ccccc2O1)C(=O)[C@@H](Cc1ccccc1)NC(=O)c1ccco1. The van der Waals surface area contributed by atoms with Crippen LogP contribution in [0.4, 0.5) is 0 Å². The fourth-order valence-electron chi connectivity index (χ4n) is 3.50. The van der Waals surface area contributed by atoms with Crippen molar-refractivity contribution in [2.75, 3.05) is 20.2 Å². The summed E-state index contributed by atoms with van der Waals surface area (Å²) in [6, 6.07) is 19.5. The van der Waals surface area contributed by atoms with Crippen LogP contribution >= 0.6 is 0 Å². The first kappa shape index (κ1) is 20.5. The molecule has 2 aromatic carbocycles. The van der Waals surface area contributed by atoms with Crippen molar-refractivity contribution in [3.8, 4) is 11.5 Å². The van der Waals surface area contributed by atoms with Gasteiger partial charge in [-0.15, -0.1) is 0 Å². The molecule has 2 amide bonds. The zero-order valence-electron chi connectivity index (χ0n) is 17.2. The van der Waals surface area contributed by atoms with Gasteiger partial charge in [0, 0.05) is 13.5 Å². The molecule has 0 bridgehead atoms. The third kappa shape index (κ3) is 5.06. The van der Waals surface area contributed by atoms with E-state index < -0.39 is 11.9 Å². The van der Waals surface area contributed by atoms with Crippen LogP contribution in [0.5, 0.6) is 11.5 Å². The Morgan fingerprint density at radius 2 is 1.77 bits per heavy atom. The molecular weight excluding hydrogens is 396 g/mol. The number of amides is 2. The molecular formula is C24H24N2O5. The van der Waals surface area contributed by atoms with E-state index in [1.807, 2.05) is 54.6 Å². The fourth-order valence-corrected chi connectivity index (χ4v) is 3.50. The maximum atomic E-state index is 13.3. The molecule has 0 unspecified atom stereocenters. The molecule has 31 heavy (non-hydrogen) atoms. The third-order valence-electron chi connectivity index (χ3n) is 5.05. The number of carbonyl (C=O) groups is 2. The minimum atomic E-state index is -0.748.